The van der Waals surface area contributed by atoms with E-state index in [0.29, 0.717) is 0 Å². The molecule has 1 aliphatic heterocycles. The zero-order valence-corrected chi connectivity index (χ0v) is 10.4. The van der Waals surface area contributed by atoms with Crippen molar-refractivity contribution >= 4 is 0 Å². The van der Waals surface area contributed by atoms with Gasteiger partial charge in [0.2, 0.25) is 0 Å². The van der Waals surface area contributed by atoms with Gasteiger partial charge in [-0.15, -0.1) is 0 Å². The normalized spacial score (nSPS) is 25.2. The summed E-state index contributed by atoms with van der Waals surface area (Å²) in [5.41, 5.74) is 2.92. The van der Waals surface area contributed by atoms with Gasteiger partial charge in [0.05, 0.1) is 5.69 Å². The fraction of sp³-hybridized carbons (Fsp3) is 0.786. The van der Waals surface area contributed by atoms with Crippen LogP contribution in [0.15, 0.2) is 0 Å². The van der Waals surface area contributed by atoms with Crippen molar-refractivity contribution in [3.05, 3.63) is 17.2 Å². The molecule has 3 aliphatic rings. The topological polar surface area (TPSA) is 29.9 Å². The minimum Gasteiger partial charge on any atom is -0.328 e. The van der Waals surface area contributed by atoms with Crippen molar-refractivity contribution in [2.24, 2.45) is 0 Å². The summed E-state index contributed by atoms with van der Waals surface area (Å²) in [6, 6.07) is 0.778. The van der Waals surface area contributed by atoms with Crippen molar-refractivity contribution in [3.8, 4) is 0 Å². The fourth-order valence-electron chi connectivity index (χ4n) is 3.55. The van der Waals surface area contributed by atoms with Gasteiger partial charge in [-0.2, -0.15) is 0 Å². The Balaban J connectivity index is 1.79. The van der Waals surface area contributed by atoms with Gasteiger partial charge in [0, 0.05) is 37.2 Å². The molecule has 4 rings (SSSR count). The summed E-state index contributed by atoms with van der Waals surface area (Å²) < 4.78 is 2.67. The van der Waals surface area contributed by atoms with Crippen molar-refractivity contribution in [1.82, 2.24) is 14.9 Å². The molecule has 0 aromatic carbocycles. The lowest BCUT2D eigenvalue weighted by atomic mass is 10.1. The number of nitrogens with zero attached hydrogens (tertiary/aromatic N) is 2. The van der Waals surface area contributed by atoms with E-state index < -0.39 is 0 Å². The fourth-order valence-corrected chi connectivity index (χ4v) is 3.55. The smallest absolute Gasteiger partial charge is 0.112 e. The molecule has 2 heterocycles. The molecule has 0 saturated heterocycles. The summed E-state index contributed by atoms with van der Waals surface area (Å²) in [6.07, 6.45) is 9.53. The Kier molecular flexibility index (Phi) is 2.29. The van der Waals surface area contributed by atoms with Gasteiger partial charge < -0.3 is 9.88 Å². The van der Waals surface area contributed by atoms with Crippen molar-refractivity contribution in [1.29, 1.82) is 0 Å². The summed E-state index contributed by atoms with van der Waals surface area (Å²) in [7, 11) is 0. The Bertz CT molecular complexity index is 425. The van der Waals surface area contributed by atoms with Gasteiger partial charge in [0.15, 0.2) is 0 Å². The minimum atomic E-state index is 0.778. The molecule has 0 spiro atoms. The minimum absolute atomic E-state index is 0.778. The van der Waals surface area contributed by atoms with E-state index in [0.717, 1.165) is 25.0 Å². The van der Waals surface area contributed by atoms with Crippen LogP contribution in [0.2, 0.25) is 0 Å². The lowest BCUT2D eigenvalue weighted by Gasteiger charge is -2.21. The molecule has 1 aromatic rings. The molecule has 3 heteroatoms. The van der Waals surface area contributed by atoms with E-state index in [2.05, 4.69) is 9.88 Å². The molecule has 0 amide bonds. The van der Waals surface area contributed by atoms with E-state index in [-0.39, 0.29) is 0 Å². The maximum atomic E-state index is 4.96. The standard InChI is InChI=1S/C14H21N3/c1-2-4-11(3-1)17-13-7-8-15-9-12(13)16-14(17)10-5-6-10/h10-11,15H,1-9H2. The summed E-state index contributed by atoms with van der Waals surface area (Å²) in [4.78, 5) is 4.96. The molecule has 0 unspecified atom stereocenters. The lowest BCUT2D eigenvalue weighted by molar-refractivity contribution is 0.471. The number of nitrogens with one attached hydrogen (secondary N) is 1. The molecule has 0 radical (unpaired) electrons. The summed E-state index contributed by atoms with van der Waals surface area (Å²) in [5.74, 6) is 2.23. The monoisotopic (exact) mass is 231 g/mol. The van der Waals surface area contributed by atoms with Crippen LogP contribution in [-0.2, 0) is 13.0 Å². The van der Waals surface area contributed by atoms with Gasteiger partial charge in [0.25, 0.3) is 0 Å². The van der Waals surface area contributed by atoms with Gasteiger partial charge in [-0.05, 0) is 25.7 Å². The maximum absolute atomic E-state index is 4.96. The molecule has 2 aliphatic carbocycles. The lowest BCUT2D eigenvalue weighted by Crippen LogP contribution is -2.25. The van der Waals surface area contributed by atoms with Crippen LogP contribution in [-0.4, -0.2) is 16.1 Å². The number of hydrogen-bond acceptors (Lipinski definition) is 2. The molecule has 0 bridgehead atoms. The molecule has 3 nitrogen and oxygen atoms in total. The van der Waals surface area contributed by atoms with Gasteiger partial charge in [-0.25, -0.2) is 4.98 Å². The van der Waals surface area contributed by atoms with Crippen molar-refractivity contribution < 1.29 is 0 Å². The predicted molar refractivity (Wildman–Crippen MR) is 67.1 cm³/mol. The maximum Gasteiger partial charge on any atom is 0.112 e. The molecule has 1 N–H and O–H groups in total. The third-order valence-corrected chi connectivity index (χ3v) is 4.58. The number of hydrogen-bond donors (Lipinski definition) is 1. The van der Waals surface area contributed by atoms with E-state index in [4.69, 9.17) is 4.98 Å². The molecule has 17 heavy (non-hydrogen) atoms. The Morgan fingerprint density at radius 3 is 2.71 bits per heavy atom. The summed E-state index contributed by atoms with van der Waals surface area (Å²) in [6.45, 7) is 2.13. The molecule has 92 valence electrons. The van der Waals surface area contributed by atoms with Crippen LogP contribution in [0.1, 0.15) is 67.7 Å². The highest BCUT2D eigenvalue weighted by Crippen LogP contribution is 2.43. The van der Waals surface area contributed by atoms with Crippen LogP contribution in [0.25, 0.3) is 0 Å². The van der Waals surface area contributed by atoms with E-state index in [9.17, 15) is 0 Å². The van der Waals surface area contributed by atoms with Crippen LogP contribution in [0.4, 0.5) is 0 Å². The molecule has 2 saturated carbocycles. The average molecular weight is 231 g/mol. The third kappa shape index (κ3) is 1.63. The summed E-state index contributed by atoms with van der Waals surface area (Å²) in [5, 5.41) is 3.46. The SMILES string of the molecule is C1CCC(n2c(C3CC3)nc3c2CCNC3)C1. The van der Waals surface area contributed by atoms with E-state index in [1.807, 2.05) is 0 Å². The van der Waals surface area contributed by atoms with E-state index >= 15 is 0 Å². The highest BCUT2D eigenvalue weighted by Gasteiger charge is 2.34. The van der Waals surface area contributed by atoms with Crippen molar-refractivity contribution in [3.63, 3.8) is 0 Å². The first-order valence-corrected chi connectivity index (χ1v) is 7.24. The number of rotatable bonds is 2. The highest BCUT2D eigenvalue weighted by atomic mass is 15.2. The quantitative estimate of drug-likeness (QED) is 0.847. The zero-order chi connectivity index (χ0) is 11.2. The highest BCUT2D eigenvalue weighted by molar-refractivity contribution is 5.25. The first kappa shape index (κ1) is 10.1. The van der Waals surface area contributed by atoms with Gasteiger partial charge in [0.1, 0.15) is 5.82 Å². The predicted octanol–water partition coefficient (Wildman–Crippen LogP) is 2.52. The second kappa shape index (κ2) is 3.84. The Morgan fingerprint density at radius 1 is 1.12 bits per heavy atom. The second-order valence-corrected chi connectivity index (χ2v) is 5.87. The number of aromatic nitrogens is 2. The molecule has 1 aromatic heterocycles. The van der Waals surface area contributed by atoms with Crippen LogP contribution in [0.5, 0.6) is 0 Å². The Hall–Kier alpha value is -0.830. The number of fused-ring (bicyclic) bond motifs is 1. The Labute approximate surface area is 103 Å². The molecule has 2 fully saturated rings. The van der Waals surface area contributed by atoms with E-state index in [1.54, 1.807) is 5.69 Å². The number of imidazole rings is 1. The third-order valence-electron chi connectivity index (χ3n) is 4.58. The van der Waals surface area contributed by atoms with Crippen molar-refractivity contribution in [2.45, 2.75) is 63.5 Å². The second-order valence-electron chi connectivity index (χ2n) is 5.87. The first-order chi connectivity index (χ1) is 8.43. The van der Waals surface area contributed by atoms with Crippen LogP contribution in [0, 0.1) is 0 Å². The summed E-state index contributed by atoms with van der Waals surface area (Å²) >= 11 is 0. The van der Waals surface area contributed by atoms with Gasteiger partial charge >= 0.3 is 0 Å². The van der Waals surface area contributed by atoms with Crippen LogP contribution in [0.3, 0.4) is 0 Å². The average Bonchev–Trinajstić information content (AvgIpc) is 2.92. The first-order valence-electron chi connectivity index (χ1n) is 7.24. The van der Waals surface area contributed by atoms with Crippen molar-refractivity contribution in [2.75, 3.05) is 6.54 Å². The molecular weight excluding hydrogens is 210 g/mol. The van der Waals surface area contributed by atoms with Crippen LogP contribution < -0.4 is 5.32 Å². The zero-order valence-electron chi connectivity index (χ0n) is 10.4. The van der Waals surface area contributed by atoms with Gasteiger partial charge in [-0.3, -0.25) is 0 Å². The van der Waals surface area contributed by atoms with E-state index in [1.165, 1.54) is 56.5 Å². The Morgan fingerprint density at radius 2 is 1.94 bits per heavy atom. The van der Waals surface area contributed by atoms with Gasteiger partial charge in [-0.1, -0.05) is 12.8 Å². The molecular formula is C14H21N3. The molecule has 0 atom stereocenters. The van der Waals surface area contributed by atoms with Crippen LogP contribution >= 0.6 is 0 Å². The largest absolute Gasteiger partial charge is 0.328 e.